The average Bonchev–Trinajstić information content (AvgIpc) is 2.93. The number of anilines is 1. The molecule has 0 unspecified atom stereocenters. The number of guanidine groups is 1. The molecule has 0 radical (unpaired) electrons. The van der Waals surface area contributed by atoms with Crippen molar-refractivity contribution in [2.45, 2.75) is 26.8 Å². The van der Waals surface area contributed by atoms with Gasteiger partial charge < -0.3 is 20.1 Å². The summed E-state index contributed by atoms with van der Waals surface area (Å²) in [4.78, 5) is 22.9. The molecule has 146 valence electrons. The number of aryl methyl sites for hydroxylation is 2. The first-order valence-corrected chi connectivity index (χ1v) is 9.71. The van der Waals surface area contributed by atoms with Crippen molar-refractivity contribution in [3.63, 3.8) is 0 Å². The molecule has 8 heteroatoms. The molecular formula is C19H27BrN6O. The highest BCUT2D eigenvalue weighted by molar-refractivity contribution is 9.10. The topological polar surface area (TPSA) is 74.5 Å². The molecule has 0 aliphatic rings. The number of pyridine rings is 1. The van der Waals surface area contributed by atoms with Gasteiger partial charge in [0.2, 0.25) is 5.91 Å². The smallest absolute Gasteiger partial charge is 0.227 e. The predicted molar refractivity (Wildman–Crippen MR) is 113 cm³/mol. The van der Waals surface area contributed by atoms with E-state index in [0.717, 1.165) is 28.2 Å². The summed E-state index contributed by atoms with van der Waals surface area (Å²) in [5.74, 6) is 1.24. The maximum atomic E-state index is 12.1. The minimum absolute atomic E-state index is 0.0973. The molecule has 0 bridgehead atoms. The largest absolute Gasteiger partial charge is 0.357 e. The van der Waals surface area contributed by atoms with Crippen LogP contribution in [0.2, 0.25) is 0 Å². The zero-order valence-electron chi connectivity index (χ0n) is 16.3. The van der Waals surface area contributed by atoms with E-state index in [-0.39, 0.29) is 5.91 Å². The van der Waals surface area contributed by atoms with E-state index in [4.69, 9.17) is 0 Å². The van der Waals surface area contributed by atoms with Crippen LogP contribution < -0.4 is 10.6 Å². The molecule has 7 nitrogen and oxygen atoms in total. The van der Waals surface area contributed by atoms with Crippen molar-refractivity contribution in [3.05, 3.63) is 46.3 Å². The number of rotatable bonds is 7. The van der Waals surface area contributed by atoms with Gasteiger partial charge in [-0.25, -0.2) is 4.98 Å². The summed E-state index contributed by atoms with van der Waals surface area (Å²) < 4.78 is 3.13. The molecule has 0 aliphatic heterocycles. The van der Waals surface area contributed by atoms with Gasteiger partial charge in [0.1, 0.15) is 5.82 Å². The Morgan fingerprint density at radius 3 is 2.78 bits per heavy atom. The Morgan fingerprint density at radius 1 is 1.41 bits per heavy atom. The Labute approximate surface area is 169 Å². The van der Waals surface area contributed by atoms with Crippen LogP contribution in [0.4, 0.5) is 5.82 Å². The minimum atomic E-state index is -0.0973. The van der Waals surface area contributed by atoms with Gasteiger partial charge in [-0.2, -0.15) is 0 Å². The summed E-state index contributed by atoms with van der Waals surface area (Å²) in [6.07, 6.45) is 4.05. The Balaban J connectivity index is 1.90. The first-order chi connectivity index (χ1) is 12.9. The van der Waals surface area contributed by atoms with E-state index < -0.39 is 0 Å². The van der Waals surface area contributed by atoms with Gasteiger partial charge in [-0.1, -0.05) is 6.07 Å². The second kappa shape index (κ2) is 10.1. The highest BCUT2D eigenvalue weighted by atomic mass is 79.9. The molecule has 2 N–H and O–H groups in total. The summed E-state index contributed by atoms with van der Waals surface area (Å²) >= 11 is 3.49. The Hall–Kier alpha value is -2.35. The minimum Gasteiger partial charge on any atom is -0.357 e. The summed E-state index contributed by atoms with van der Waals surface area (Å²) in [5, 5.41) is 6.06. The lowest BCUT2D eigenvalue weighted by Gasteiger charge is -2.22. The van der Waals surface area contributed by atoms with Crippen LogP contribution in [0.5, 0.6) is 0 Å². The number of hydrogen-bond acceptors (Lipinski definition) is 3. The summed E-state index contributed by atoms with van der Waals surface area (Å²) in [6, 6.07) is 5.80. The monoisotopic (exact) mass is 434 g/mol. The van der Waals surface area contributed by atoms with E-state index in [1.165, 1.54) is 0 Å². The normalized spacial score (nSPS) is 11.4. The predicted octanol–water partition coefficient (Wildman–Crippen LogP) is 2.92. The molecule has 2 rings (SSSR count). The highest BCUT2D eigenvalue weighted by Crippen LogP contribution is 2.15. The van der Waals surface area contributed by atoms with E-state index in [1.54, 1.807) is 12.3 Å². The third kappa shape index (κ3) is 6.71. The number of amides is 1. The van der Waals surface area contributed by atoms with Crippen LogP contribution in [0.3, 0.4) is 0 Å². The lowest BCUT2D eigenvalue weighted by molar-refractivity contribution is -0.116. The van der Waals surface area contributed by atoms with E-state index in [2.05, 4.69) is 47.2 Å². The van der Waals surface area contributed by atoms with Crippen LogP contribution in [0.1, 0.15) is 24.6 Å². The molecule has 0 saturated heterocycles. The second-order valence-electron chi connectivity index (χ2n) is 6.37. The fourth-order valence-corrected chi connectivity index (χ4v) is 3.09. The zero-order valence-corrected chi connectivity index (χ0v) is 17.9. The number of carbonyl (C=O) groups is 1. The molecule has 0 saturated carbocycles. The number of nitrogens with zero attached hydrogens (tertiary/aromatic N) is 4. The lowest BCUT2D eigenvalue weighted by Crippen LogP contribution is -2.39. The van der Waals surface area contributed by atoms with Crippen molar-refractivity contribution in [3.8, 4) is 0 Å². The highest BCUT2D eigenvalue weighted by Gasteiger charge is 2.10. The van der Waals surface area contributed by atoms with E-state index in [1.807, 2.05) is 45.1 Å². The van der Waals surface area contributed by atoms with Crippen molar-refractivity contribution in [1.29, 1.82) is 0 Å². The summed E-state index contributed by atoms with van der Waals surface area (Å²) in [5.41, 5.74) is 2.22. The molecule has 2 aromatic rings. The molecule has 0 fully saturated rings. The van der Waals surface area contributed by atoms with Crippen molar-refractivity contribution < 1.29 is 4.79 Å². The van der Waals surface area contributed by atoms with Crippen molar-refractivity contribution in [2.75, 3.05) is 25.5 Å². The van der Waals surface area contributed by atoms with Gasteiger partial charge in [0.15, 0.2) is 5.96 Å². The first kappa shape index (κ1) is 21.0. The summed E-state index contributed by atoms with van der Waals surface area (Å²) in [6.45, 7) is 5.87. The van der Waals surface area contributed by atoms with Gasteiger partial charge in [-0.3, -0.25) is 9.79 Å². The maximum absolute atomic E-state index is 12.1. The van der Waals surface area contributed by atoms with Crippen molar-refractivity contribution >= 4 is 33.6 Å². The molecular weight excluding hydrogens is 408 g/mol. The number of halogens is 1. The number of nitrogens with one attached hydrogen (secondary N) is 2. The van der Waals surface area contributed by atoms with Gasteiger partial charge in [-0.05, 0) is 47.5 Å². The SMILES string of the molecule is CCNC(=NCCC(=O)Nc1ccc(C)cn1)N(C)Cc1cc(Br)cn1C. The standard InChI is InChI=1S/C19H27BrN6O/c1-5-21-19(26(4)13-16-10-15(20)12-25(16)3)22-9-8-18(27)24-17-7-6-14(2)11-23-17/h6-7,10-12H,5,8-9,13H2,1-4H3,(H,21,22)(H,23,24,27). The van der Waals surface area contributed by atoms with E-state index in [0.29, 0.717) is 25.3 Å². The van der Waals surface area contributed by atoms with Gasteiger partial charge in [0.05, 0.1) is 13.1 Å². The van der Waals surface area contributed by atoms with E-state index in [9.17, 15) is 4.79 Å². The zero-order chi connectivity index (χ0) is 19.8. The quantitative estimate of drug-likeness (QED) is 0.518. The molecule has 1 amide bonds. The van der Waals surface area contributed by atoms with Gasteiger partial charge in [0.25, 0.3) is 0 Å². The molecule has 2 aromatic heterocycles. The number of carbonyl (C=O) groups excluding carboxylic acids is 1. The third-order valence-corrected chi connectivity index (χ3v) is 4.38. The molecule has 0 aromatic carbocycles. The molecule has 27 heavy (non-hydrogen) atoms. The van der Waals surface area contributed by atoms with Crippen LogP contribution in [-0.4, -0.2) is 46.5 Å². The Morgan fingerprint density at radius 2 is 2.19 bits per heavy atom. The van der Waals surface area contributed by atoms with Gasteiger partial charge in [0, 0.05) is 49.6 Å². The maximum Gasteiger partial charge on any atom is 0.227 e. The Kier molecular flexibility index (Phi) is 7.84. The van der Waals surface area contributed by atoms with E-state index >= 15 is 0 Å². The number of hydrogen-bond donors (Lipinski definition) is 2. The van der Waals surface area contributed by atoms with Gasteiger partial charge in [-0.15, -0.1) is 0 Å². The summed E-state index contributed by atoms with van der Waals surface area (Å²) in [7, 11) is 4.00. The average molecular weight is 435 g/mol. The van der Waals surface area contributed by atoms with Crippen LogP contribution >= 0.6 is 15.9 Å². The third-order valence-electron chi connectivity index (χ3n) is 3.95. The second-order valence-corrected chi connectivity index (χ2v) is 7.29. The fraction of sp³-hybridized carbons (Fsp3) is 0.421. The van der Waals surface area contributed by atoms with Gasteiger partial charge >= 0.3 is 0 Å². The van der Waals surface area contributed by atoms with Crippen LogP contribution in [0.25, 0.3) is 0 Å². The van der Waals surface area contributed by atoms with Crippen LogP contribution in [0, 0.1) is 6.92 Å². The molecule has 0 atom stereocenters. The first-order valence-electron chi connectivity index (χ1n) is 8.91. The molecule has 0 spiro atoms. The van der Waals surface area contributed by atoms with Crippen molar-refractivity contribution in [1.82, 2.24) is 19.8 Å². The molecule has 0 aliphatic carbocycles. The van der Waals surface area contributed by atoms with Crippen LogP contribution in [0.15, 0.2) is 40.1 Å². The fourth-order valence-electron chi connectivity index (χ4n) is 2.52. The molecule has 2 heterocycles. The number of aliphatic imine (C=N–C) groups is 1. The lowest BCUT2D eigenvalue weighted by atomic mass is 10.3. The van der Waals surface area contributed by atoms with Crippen molar-refractivity contribution in [2.24, 2.45) is 12.0 Å². The number of aromatic nitrogens is 2. The Bertz CT molecular complexity index is 784. The van der Waals surface area contributed by atoms with Crippen LogP contribution in [-0.2, 0) is 18.4 Å².